The van der Waals surface area contributed by atoms with Crippen LogP contribution in [0.15, 0.2) is 24.3 Å². The van der Waals surface area contributed by atoms with Crippen LogP contribution in [-0.2, 0) is 16.0 Å². The van der Waals surface area contributed by atoms with Gasteiger partial charge in [0, 0.05) is 0 Å². The van der Waals surface area contributed by atoms with E-state index in [9.17, 15) is 19.8 Å². The minimum Gasteiger partial charge on any atom is -0.508 e. The molecule has 0 heterocycles. The lowest BCUT2D eigenvalue weighted by Gasteiger charge is -2.21. The number of phenolic OH excluding ortho intramolecular Hbond substituents is 1. The number of phenols is 1. The van der Waals surface area contributed by atoms with Gasteiger partial charge in [0.05, 0.1) is 0 Å². The summed E-state index contributed by atoms with van der Waals surface area (Å²) in [6.45, 7) is 3.76. The molecule has 116 valence electrons. The van der Waals surface area contributed by atoms with E-state index in [2.05, 4.69) is 5.32 Å². The highest BCUT2D eigenvalue weighted by Crippen LogP contribution is 2.13. The number of benzene rings is 1. The largest absolute Gasteiger partial charge is 0.508 e. The van der Waals surface area contributed by atoms with Crippen molar-refractivity contribution in [1.29, 1.82) is 0 Å². The smallest absolute Gasteiger partial charge is 0.321 e. The Morgan fingerprint density at radius 3 is 2.00 bits per heavy atom. The molecule has 0 saturated carbocycles. The molecule has 0 spiro atoms. The van der Waals surface area contributed by atoms with Gasteiger partial charge in [-0.25, -0.2) is 0 Å². The minimum absolute atomic E-state index is 0.0989. The highest BCUT2D eigenvalue weighted by atomic mass is 16.4. The van der Waals surface area contributed by atoms with E-state index in [1.54, 1.807) is 12.1 Å². The second-order valence-electron chi connectivity index (χ2n) is 5.45. The zero-order valence-electron chi connectivity index (χ0n) is 12.1. The highest BCUT2D eigenvalue weighted by Gasteiger charge is 2.26. The van der Waals surface area contributed by atoms with Gasteiger partial charge in [-0.3, -0.25) is 14.9 Å². The van der Waals surface area contributed by atoms with Crippen LogP contribution in [0.5, 0.6) is 5.75 Å². The van der Waals surface area contributed by atoms with E-state index in [0.29, 0.717) is 12.0 Å². The summed E-state index contributed by atoms with van der Waals surface area (Å²) in [7, 11) is 0. The normalized spacial score (nSPS) is 13.9. The number of carbonyl (C=O) groups is 2. The number of carboxylic acids is 2. The van der Waals surface area contributed by atoms with Crippen LogP contribution in [0.2, 0.25) is 0 Å². The molecule has 0 aromatic heterocycles. The zero-order valence-corrected chi connectivity index (χ0v) is 12.1. The van der Waals surface area contributed by atoms with Crippen LogP contribution in [0, 0.1) is 5.92 Å². The van der Waals surface area contributed by atoms with Crippen molar-refractivity contribution in [3.8, 4) is 5.75 Å². The molecule has 0 bridgehead atoms. The maximum absolute atomic E-state index is 11.3. The summed E-state index contributed by atoms with van der Waals surface area (Å²) in [6, 6.07) is 4.28. The number of aliphatic carboxylic acids is 2. The van der Waals surface area contributed by atoms with Gasteiger partial charge in [-0.2, -0.15) is 0 Å². The maximum Gasteiger partial charge on any atom is 0.321 e. The Morgan fingerprint density at radius 1 is 1.05 bits per heavy atom. The van der Waals surface area contributed by atoms with Gasteiger partial charge in [0.25, 0.3) is 0 Å². The van der Waals surface area contributed by atoms with Gasteiger partial charge in [-0.05, 0) is 36.5 Å². The first-order valence-electron chi connectivity index (χ1n) is 6.79. The average Bonchev–Trinajstić information content (AvgIpc) is 2.38. The van der Waals surface area contributed by atoms with Gasteiger partial charge in [0.15, 0.2) is 0 Å². The van der Waals surface area contributed by atoms with Crippen LogP contribution in [0.25, 0.3) is 0 Å². The molecule has 0 aliphatic rings. The third kappa shape index (κ3) is 5.83. The summed E-state index contributed by atoms with van der Waals surface area (Å²) in [5.74, 6) is -1.91. The fourth-order valence-electron chi connectivity index (χ4n) is 2.04. The Bertz CT molecular complexity index is 483. The van der Waals surface area contributed by atoms with E-state index in [1.165, 1.54) is 12.1 Å². The summed E-state index contributed by atoms with van der Waals surface area (Å²) >= 11 is 0. The van der Waals surface area contributed by atoms with Crippen molar-refractivity contribution in [3.63, 3.8) is 0 Å². The molecule has 1 aromatic rings. The van der Waals surface area contributed by atoms with Crippen LogP contribution >= 0.6 is 0 Å². The third-order valence-electron chi connectivity index (χ3n) is 3.08. The van der Waals surface area contributed by atoms with Gasteiger partial charge >= 0.3 is 11.9 Å². The number of nitrogens with one attached hydrogen (secondary N) is 1. The van der Waals surface area contributed by atoms with E-state index in [4.69, 9.17) is 5.11 Å². The molecule has 0 aliphatic heterocycles. The van der Waals surface area contributed by atoms with Gasteiger partial charge in [-0.1, -0.05) is 26.0 Å². The molecule has 6 heteroatoms. The predicted octanol–water partition coefficient (Wildman–Crippen LogP) is 1.48. The molecule has 0 saturated heterocycles. The van der Waals surface area contributed by atoms with Crippen molar-refractivity contribution in [3.05, 3.63) is 29.8 Å². The Morgan fingerprint density at radius 2 is 1.57 bits per heavy atom. The van der Waals surface area contributed by atoms with Crippen molar-refractivity contribution in [2.45, 2.75) is 38.8 Å². The Kier molecular flexibility index (Phi) is 6.17. The van der Waals surface area contributed by atoms with E-state index < -0.39 is 24.0 Å². The molecule has 2 atom stereocenters. The molecule has 6 nitrogen and oxygen atoms in total. The van der Waals surface area contributed by atoms with Crippen LogP contribution in [0.1, 0.15) is 25.8 Å². The molecular formula is C15H21NO5. The average molecular weight is 295 g/mol. The molecule has 2 unspecified atom stereocenters. The summed E-state index contributed by atoms with van der Waals surface area (Å²) in [4.78, 5) is 22.5. The molecule has 0 fully saturated rings. The molecule has 0 amide bonds. The summed E-state index contributed by atoms with van der Waals surface area (Å²) in [6.07, 6.45) is 0.506. The second kappa shape index (κ2) is 7.64. The van der Waals surface area contributed by atoms with Gasteiger partial charge < -0.3 is 15.3 Å². The SMILES string of the molecule is CC(C)CC(NC(Cc1ccc(O)cc1)C(=O)O)C(=O)O. The summed E-state index contributed by atoms with van der Waals surface area (Å²) < 4.78 is 0. The standard InChI is InChI=1S/C15H21NO5/c1-9(2)7-12(14(18)19)16-13(15(20)21)8-10-3-5-11(17)6-4-10/h3-6,9,12-13,16-17H,7-8H2,1-2H3,(H,18,19)(H,20,21). The van der Waals surface area contributed by atoms with Crippen LogP contribution in [-0.4, -0.2) is 39.3 Å². The Labute approximate surface area is 123 Å². The lowest BCUT2D eigenvalue weighted by molar-refractivity contribution is -0.142. The van der Waals surface area contributed by atoms with Gasteiger partial charge in [0.1, 0.15) is 17.8 Å². The molecule has 1 rings (SSSR count). The molecule has 1 aromatic carbocycles. The third-order valence-corrected chi connectivity index (χ3v) is 3.08. The first-order valence-corrected chi connectivity index (χ1v) is 6.79. The fraction of sp³-hybridized carbons (Fsp3) is 0.467. The number of rotatable bonds is 8. The molecule has 0 aliphatic carbocycles. The van der Waals surface area contributed by atoms with Crippen molar-refractivity contribution in [2.75, 3.05) is 0 Å². The molecule has 21 heavy (non-hydrogen) atoms. The lowest BCUT2D eigenvalue weighted by Crippen LogP contribution is -2.48. The van der Waals surface area contributed by atoms with E-state index in [-0.39, 0.29) is 18.1 Å². The number of aromatic hydroxyl groups is 1. The maximum atomic E-state index is 11.3. The molecule has 4 N–H and O–H groups in total. The Balaban J connectivity index is 2.78. The van der Waals surface area contributed by atoms with Crippen molar-refractivity contribution >= 4 is 11.9 Å². The molecule has 0 radical (unpaired) electrons. The number of carboxylic acid groups (broad SMARTS) is 2. The monoisotopic (exact) mass is 295 g/mol. The lowest BCUT2D eigenvalue weighted by atomic mass is 10.0. The first-order chi connectivity index (χ1) is 9.79. The summed E-state index contributed by atoms with van der Waals surface area (Å²) in [5, 5.41) is 30.3. The van der Waals surface area contributed by atoms with Crippen molar-refractivity contribution in [2.24, 2.45) is 5.92 Å². The number of hydrogen-bond acceptors (Lipinski definition) is 4. The van der Waals surface area contributed by atoms with Crippen LogP contribution < -0.4 is 5.32 Å². The summed E-state index contributed by atoms with van der Waals surface area (Å²) in [5.41, 5.74) is 0.710. The van der Waals surface area contributed by atoms with Gasteiger partial charge in [0.2, 0.25) is 0 Å². The minimum atomic E-state index is -1.10. The van der Waals surface area contributed by atoms with Crippen LogP contribution in [0.4, 0.5) is 0 Å². The van der Waals surface area contributed by atoms with Crippen LogP contribution in [0.3, 0.4) is 0 Å². The van der Waals surface area contributed by atoms with Gasteiger partial charge in [-0.15, -0.1) is 0 Å². The zero-order chi connectivity index (χ0) is 16.0. The van der Waals surface area contributed by atoms with Crippen molar-refractivity contribution < 1.29 is 24.9 Å². The number of hydrogen-bond donors (Lipinski definition) is 4. The second-order valence-corrected chi connectivity index (χ2v) is 5.45. The molecular weight excluding hydrogens is 274 g/mol. The van der Waals surface area contributed by atoms with E-state index in [0.717, 1.165) is 0 Å². The Hall–Kier alpha value is -2.08. The highest BCUT2D eigenvalue weighted by molar-refractivity contribution is 5.77. The first kappa shape index (κ1) is 17.0. The van der Waals surface area contributed by atoms with E-state index >= 15 is 0 Å². The topological polar surface area (TPSA) is 107 Å². The quantitative estimate of drug-likeness (QED) is 0.578. The fourth-order valence-corrected chi connectivity index (χ4v) is 2.04. The van der Waals surface area contributed by atoms with E-state index in [1.807, 2.05) is 13.8 Å². The predicted molar refractivity (Wildman–Crippen MR) is 77.2 cm³/mol. The van der Waals surface area contributed by atoms with Crippen molar-refractivity contribution in [1.82, 2.24) is 5.32 Å².